The van der Waals surface area contributed by atoms with Gasteiger partial charge in [-0.3, -0.25) is 28.8 Å². The van der Waals surface area contributed by atoms with Gasteiger partial charge in [0, 0.05) is 6.08 Å². The van der Waals surface area contributed by atoms with Crippen molar-refractivity contribution in [2.24, 2.45) is 35.5 Å². The van der Waals surface area contributed by atoms with Crippen molar-refractivity contribution in [1.29, 1.82) is 0 Å². The molecule has 0 bridgehead atoms. The Hall–Kier alpha value is -4.36. The average Bonchev–Trinajstić information content (AvgIpc) is 2.84. The van der Waals surface area contributed by atoms with Crippen LogP contribution < -0.4 is 0 Å². The number of ether oxygens (including phenoxy) is 1. The van der Waals surface area contributed by atoms with Gasteiger partial charge < -0.3 is 30.3 Å². The normalized spacial score (nSPS) is 16.3. The van der Waals surface area contributed by atoms with Gasteiger partial charge in [-0.05, 0) is 17.9 Å². The van der Waals surface area contributed by atoms with Gasteiger partial charge in [-0.1, -0.05) is 44.2 Å². The fourth-order valence-corrected chi connectivity index (χ4v) is 4.67. The van der Waals surface area contributed by atoms with E-state index in [9.17, 15) is 63.1 Å². The van der Waals surface area contributed by atoms with Crippen LogP contribution in [0.4, 0.5) is 8.78 Å². The second-order valence-electron chi connectivity index (χ2n) is 8.66. The Morgan fingerprint density at radius 2 is 1.18 bits per heavy atom. The van der Waals surface area contributed by atoms with Gasteiger partial charge >= 0.3 is 35.8 Å². The fraction of sp³-hybridized carbons (Fsp3) is 0.440. The number of carboxylic acids is 5. The van der Waals surface area contributed by atoms with Gasteiger partial charge in [-0.2, -0.15) is 8.78 Å². The van der Waals surface area contributed by atoms with Crippen LogP contribution in [0.25, 0.3) is 0 Å². The molecule has 214 valence electrons. The lowest BCUT2D eigenvalue weighted by Crippen LogP contribution is -2.51. The second-order valence-corrected chi connectivity index (χ2v) is 8.66. The molecule has 1 aromatic carbocycles. The number of hydrogen-bond acceptors (Lipinski definition) is 7. The molecule has 7 atom stereocenters. The third kappa shape index (κ3) is 8.32. The molecule has 0 aliphatic carbocycles. The Morgan fingerprint density at radius 3 is 1.56 bits per heavy atom. The summed E-state index contributed by atoms with van der Waals surface area (Å²) < 4.78 is 29.9. The van der Waals surface area contributed by atoms with Crippen molar-refractivity contribution in [3.05, 3.63) is 48.1 Å². The van der Waals surface area contributed by atoms with Crippen molar-refractivity contribution >= 4 is 35.8 Å². The number of rotatable bonds is 16. The minimum atomic E-state index is -2.66. The third-order valence-corrected chi connectivity index (χ3v) is 6.45. The van der Waals surface area contributed by atoms with Crippen molar-refractivity contribution in [2.75, 3.05) is 6.61 Å². The Bertz CT molecular complexity index is 1100. The van der Waals surface area contributed by atoms with Gasteiger partial charge in [-0.15, -0.1) is 0 Å². The molecule has 0 aromatic heterocycles. The number of benzene rings is 1. The van der Waals surface area contributed by atoms with E-state index in [1.807, 2.05) is 0 Å². The molecule has 5 N–H and O–H groups in total. The molecule has 0 spiro atoms. The highest BCUT2D eigenvalue weighted by molar-refractivity contribution is 5.92. The molecule has 7 unspecified atom stereocenters. The zero-order chi connectivity index (χ0) is 30.0. The Morgan fingerprint density at radius 1 is 0.744 bits per heavy atom. The van der Waals surface area contributed by atoms with E-state index in [2.05, 4.69) is 0 Å². The Labute approximate surface area is 220 Å². The molecule has 1 rings (SSSR count). The summed E-state index contributed by atoms with van der Waals surface area (Å²) in [6.45, 7) is 1.28. The molecule has 39 heavy (non-hydrogen) atoms. The van der Waals surface area contributed by atoms with Gasteiger partial charge in [0.05, 0.1) is 35.5 Å². The van der Waals surface area contributed by atoms with Crippen LogP contribution in [0.5, 0.6) is 0 Å². The van der Waals surface area contributed by atoms with Crippen molar-refractivity contribution in [2.45, 2.75) is 26.2 Å². The lowest BCUT2D eigenvalue weighted by atomic mass is 9.64. The van der Waals surface area contributed by atoms with E-state index in [0.717, 1.165) is 6.92 Å². The van der Waals surface area contributed by atoms with Crippen molar-refractivity contribution in [3.8, 4) is 0 Å². The largest absolute Gasteiger partial charge is 0.481 e. The zero-order valence-electron chi connectivity index (χ0n) is 20.8. The minimum Gasteiger partial charge on any atom is -0.481 e. The maximum Gasteiger partial charge on any atom is 0.310 e. The van der Waals surface area contributed by atoms with Crippen LogP contribution >= 0.6 is 0 Å². The SMILES string of the molecule is CCC(c1ccccc1)C(C(=O)OCC=C(F)F)C(C(=O)O)C(C(=O)O)C(C(=O)O)C(C(=O)O)C(C)C(=O)O. The molecule has 1 aromatic rings. The molecule has 0 aliphatic rings. The predicted octanol–water partition coefficient (Wildman–Crippen LogP) is 2.64. The number of carbonyl (C=O) groups excluding carboxylic acids is 1. The maximum absolute atomic E-state index is 13.2. The highest BCUT2D eigenvalue weighted by Crippen LogP contribution is 2.43. The van der Waals surface area contributed by atoms with Gasteiger partial charge in [0.15, 0.2) is 0 Å². The Balaban J connectivity index is 3.95. The maximum atomic E-state index is 13.2. The van der Waals surface area contributed by atoms with Crippen molar-refractivity contribution in [1.82, 2.24) is 0 Å². The minimum absolute atomic E-state index is 0.0428. The van der Waals surface area contributed by atoms with E-state index in [1.54, 1.807) is 6.07 Å². The summed E-state index contributed by atoms with van der Waals surface area (Å²) in [5.74, 6) is -26.9. The smallest absolute Gasteiger partial charge is 0.310 e. The highest BCUT2D eigenvalue weighted by Gasteiger charge is 2.56. The Kier molecular flexibility index (Phi) is 12.2. The van der Waals surface area contributed by atoms with Crippen LogP contribution in [-0.4, -0.2) is 68.0 Å². The highest BCUT2D eigenvalue weighted by atomic mass is 19.3. The first-order valence-corrected chi connectivity index (χ1v) is 11.5. The molecule has 0 saturated heterocycles. The second kappa shape index (κ2) is 14.5. The summed E-state index contributed by atoms with van der Waals surface area (Å²) >= 11 is 0. The predicted molar refractivity (Wildman–Crippen MR) is 126 cm³/mol. The number of hydrogen-bond donors (Lipinski definition) is 5. The molecule has 14 heteroatoms. The zero-order valence-corrected chi connectivity index (χ0v) is 20.8. The number of carbonyl (C=O) groups is 6. The van der Waals surface area contributed by atoms with Crippen LogP contribution in [0.2, 0.25) is 0 Å². The molecular formula is C25H28F2O12. The summed E-state index contributed by atoms with van der Waals surface area (Å²) in [6, 6.07) is 7.54. The number of esters is 1. The standard InChI is InChI=1S/C25H28F2O12/c1-3-13(12-7-5-4-6-8-12)16(25(38)39-10-9-14(26)27)18(23(34)35)19(24(36)37)17(22(32)33)15(21(30)31)11(2)20(28)29/h4-9,11,13,15-19H,3,10H2,1-2H3,(H,28,29)(H,30,31)(H,32,33)(H,34,35)(H,36,37). The lowest BCUT2D eigenvalue weighted by Gasteiger charge is -2.36. The first-order chi connectivity index (χ1) is 18.2. The first-order valence-electron chi connectivity index (χ1n) is 11.5. The third-order valence-electron chi connectivity index (χ3n) is 6.45. The average molecular weight is 558 g/mol. The van der Waals surface area contributed by atoms with Crippen LogP contribution in [0.1, 0.15) is 31.7 Å². The van der Waals surface area contributed by atoms with E-state index in [-0.39, 0.29) is 12.5 Å². The van der Waals surface area contributed by atoms with Crippen LogP contribution in [0.15, 0.2) is 42.5 Å². The van der Waals surface area contributed by atoms with E-state index < -0.39 is 89.9 Å². The van der Waals surface area contributed by atoms with E-state index in [0.29, 0.717) is 5.56 Å². The molecular weight excluding hydrogens is 530 g/mol. The molecule has 0 radical (unpaired) electrons. The van der Waals surface area contributed by atoms with Crippen molar-refractivity contribution < 1.29 is 67.8 Å². The summed E-state index contributed by atoms with van der Waals surface area (Å²) in [7, 11) is 0. The number of halogens is 2. The fourth-order valence-electron chi connectivity index (χ4n) is 4.67. The summed E-state index contributed by atoms with van der Waals surface area (Å²) in [6.07, 6.45) is -2.08. The van der Waals surface area contributed by atoms with Crippen molar-refractivity contribution in [3.63, 3.8) is 0 Å². The summed E-state index contributed by atoms with van der Waals surface area (Å²) in [5.41, 5.74) is 0.296. The summed E-state index contributed by atoms with van der Waals surface area (Å²) in [4.78, 5) is 74.1. The van der Waals surface area contributed by atoms with Crippen LogP contribution in [0, 0.1) is 35.5 Å². The molecule has 0 saturated carbocycles. The van der Waals surface area contributed by atoms with Crippen LogP contribution in [0.3, 0.4) is 0 Å². The monoisotopic (exact) mass is 558 g/mol. The number of aliphatic carboxylic acids is 5. The lowest BCUT2D eigenvalue weighted by molar-refractivity contribution is -0.177. The molecule has 0 heterocycles. The molecule has 0 fully saturated rings. The first kappa shape index (κ1) is 32.7. The van der Waals surface area contributed by atoms with E-state index in [4.69, 9.17) is 4.74 Å². The number of carboxylic acid groups (broad SMARTS) is 5. The van der Waals surface area contributed by atoms with E-state index >= 15 is 0 Å². The summed E-state index contributed by atoms with van der Waals surface area (Å²) in [5, 5.41) is 49.1. The molecule has 12 nitrogen and oxygen atoms in total. The molecule has 0 amide bonds. The van der Waals surface area contributed by atoms with Gasteiger partial charge in [-0.25, -0.2) is 0 Å². The van der Waals surface area contributed by atoms with Crippen LogP contribution in [-0.2, 0) is 33.5 Å². The van der Waals surface area contributed by atoms with E-state index in [1.165, 1.54) is 31.2 Å². The topological polar surface area (TPSA) is 213 Å². The van der Waals surface area contributed by atoms with Gasteiger partial charge in [0.2, 0.25) is 0 Å². The van der Waals surface area contributed by atoms with Gasteiger partial charge in [0.25, 0.3) is 6.08 Å². The quantitative estimate of drug-likeness (QED) is 0.185. The molecule has 0 aliphatic heterocycles. The van der Waals surface area contributed by atoms with Gasteiger partial charge in [0.1, 0.15) is 6.61 Å².